The first-order valence-electron chi connectivity index (χ1n) is 8.38. The molecule has 1 aromatic heterocycles. The van der Waals surface area contributed by atoms with Crippen LogP contribution in [0.4, 0.5) is 11.4 Å². The Kier molecular flexibility index (Phi) is 4.58. The Morgan fingerprint density at radius 2 is 1.96 bits per heavy atom. The molecule has 1 aliphatic heterocycles. The average Bonchev–Trinajstić information content (AvgIpc) is 2.67. The standard InChI is InChI=1S/C20H17N3O2S/c24-18(22-15-7-3-5-14-6-4-11-21-20(14)15)10-12-23-16-8-1-2-9-17(16)26-13-19(23)25/h1-9,11H,10,12-13H2,(H,22,24). The molecule has 1 aliphatic rings. The SMILES string of the molecule is O=C(CCN1C(=O)CSc2ccccc21)Nc1cccc2cccnc12. The molecule has 0 bridgehead atoms. The van der Waals surface area contributed by atoms with Gasteiger partial charge >= 0.3 is 0 Å². The van der Waals surface area contributed by atoms with Crippen LogP contribution in [0, 0.1) is 0 Å². The predicted octanol–water partition coefficient (Wildman–Crippen LogP) is 3.70. The minimum atomic E-state index is -0.133. The fraction of sp³-hybridized carbons (Fsp3) is 0.150. The number of nitrogens with zero attached hydrogens (tertiary/aromatic N) is 2. The molecule has 0 atom stereocenters. The normalized spacial score (nSPS) is 13.5. The lowest BCUT2D eigenvalue weighted by Gasteiger charge is -2.28. The van der Waals surface area contributed by atoms with Crippen LogP contribution < -0.4 is 10.2 Å². The van der Waals surface area contributed by atoms with E-state index in [1.807, 2.05) is 54.6 Å². The molecule has 1 N–H and O–H groups in total. The van der Waals surface area contributed by atoms with Crippen molar-refractivity contribution < 1.29 is 9.59 Å². The molecule has 0 radical (unpaired) electrons. The van der Waals surface area contributed by atoms with Gasteiger partial charge in [0.05, 0.1) is 22.6 Å². The van der Waals surface area contributed by atoms with Gasteiger partial charge in [-0.3, -0.25) is 14.6 Å². The topological polar surface area (TPSA) is 62.3 Å². The van der Waals surface area contributed by atoms with Crippen molar-refractivity contribution >= 4 is 45.9 Å². The van der Waals surface area contributed by atoms with E-state index in [1.54, 1.807) is 11.1 Å². The molecule has 0 saturated carbocycles. The lowest BCUT2D eigenvalue weighted by atomic mass is 10.2. The van der Waals surface area contributed by atoms with Gasteiger partial charge in [0, 0.05) is 29.4 Å². The van der Waals surface area contributed by atoms with Crippen LogP contribution in [0.1, 0.15) is 6.42 Å². The summed E-state index contributed by atoms with van der Waals surface area (Å²) < 4.78 is 0. The zero-order valence-electron chi connectivity index (χ0n) is 14.0. The van der Waals surface area contributed by atoms with Crippen molar-refractivity contribution in [2.75, 3.05) is 22.5 Å². The molecule has 130 valence electrons. The molecule has 5 nitrogen and oxygen atoms in total. The van der Waals surface area contributed by atoms with E-state index in [0.717, 1.165) is 21.5 Å². The molecule has 4 rings (SSSR count). The highest BCUT2D eigenvalue weighted by molar-refractivity contribution is 8.00. The number of nitrogens with one attached hydrogen (secondary N) is 1. The van der Waals surface area contributed by atoms with Crippen LogP contribution in [-0.2, 0) is 9.59 Å². The number of thioether (sulfide) groups is 1. The van der Waals surface area contributed by atoms with Crippen LogP contribution in [0.25, 0.3) is 10.9 Å². The van der Waals surface area contributed by atoms with E-state index in [1.165, 1.54) is 11.8 Å². The Morgan fingerprint density at radius 3 is 2.88 bits per heavy atom. The van der Waals surface area contributed by atoms with Crippen LogP contribution in [0.15, 0.2) is 65.7 Å². The first-order valence-corrected chi connectivity index (χ1v) is 9.37. The van der Waals surface area contributed by atoms with Crippen molar-refractivity contribution in [3.8, 4) is 0 Å². The summed E-state index contributed by atoms with van der Waals surface area (Å²) in [5.41, 5.74) is 2.33. The van der Waals surface area contributed by atoms with Crippen LogP contribution in [0.2, 0.25) is 0 Å². The molecule has 6 heteroatoms. The Morgan fingerprint density at radius 1 is 1.12 bits per heavy atom. The zero-order valence-corrected chi connectivity index (χ0v) is 14.8. The van der Waals surface area contributed by atoms with Crippen molar-refractivity contribution in [2.45, 2.75) is 11.3 Å². The number of hydrogen-bond acceptors (Lipinski definition) is 4. The van der Waals surface area contributed by atoms with Gasteiger partial charge in [0.2, 0.25) is 11.8 Å². The molecule has 26 heavy (non-hydrogen) atoms. The van der Waals surface area contributed by atoms with Crippen LogP contribution in [-0.4, -0.2) is 29.1 Å². The summed E-state index contributed by atoms with van der Waals surface area (Å²) in [4.78, 5) is 31.8. The number of amides is 2. The molecule has 0 spiro atoms. The first-order chi connectivity index (χ1) is 12.7. The van der Waals surface area contributed by atoms with E-state index in [4.69, 9.17) is 0 Å². The van der Waals surface area contributed by atoms with Crippen molar-refractivity contribution in [2.24, 2.45) is 0 Å². The second kappa shape index (κ2) is 7.17. The highest BCUT2D eigenvalue weighted by atomic mass is 32.2. The lowest BCUT2D eigenvalue weighted by Crippen LogP contribution is -2.37. The van der Waals surface area contributed by atoms with Gasteiger partial charge in [-0.2, -0.15) is 0 Å². The van der Waals surface area contributed by atoms with Gasteiger partial charge in [-0.25, -0.2) is 0 Å². The maximum absolute atomic E-state index is 12.4. The Hall–Kier alpha value is -2.86. The molecule has 0 fully saturated rings. The molecule has 3 aromatic rings. The third kappa shape index (κ3) is 3.28. The van der Waals surface area contributed by atoms with E-state index in [0.29, 0.717) is 18.0 Å². The van der Waals surface area contributed by atoms with E-state index >= 15 is 0 Å². The van der Waals surface area contributed by atoms with Crippen LogP contribution in [0.5, 0.6) is 0 Å². The van der Waals surface area contributed by atoms with Gasteiger partial charge in [0.15, 0.2) is 0 Å². The van der Waals surface area contributed by atoms with Gasteiger partial charge in [-0.05, 0) is 24.3 Å². The molecular weight excluding hydrogens is 346 g/mol. The monoisotopic (exact) mass is 363 g/mol. The Bertz CT molecular complexity index is 984. The van der Waals surface area contributed by atoms with E-state index in [-0.39, 0.29) is 18.2 Å². The lowest BCUT2D eigenvalue weighted by molar-refractivity contribution is -0.117. The predicted molar refractivity (Wildman–Crippen MR) is 105 cm³/mol. The summed E-state index contributed by atoms with van der Waals surface area (Å²) in [5, 5.41) is 3.89. The molecule has 2 heterocycles. The Balaban J connectivity index is 1.47. The van der Waals surface area contributed by atoms with Crippen molar-refractivity contribution in [1.29, 1.82) is 0 Å². The number of rotatable bonds is 4. The minimum absolute atomic E-state index is 0.0355. The highest BCUT2D eigenvalue weighted by Gasteiger charge is 2.24. The zero-order chi connectivity index (χ0) is 17.9. The molecule has 0 saturated heterocycles. The summed E-state index contributed by atoms with van der Waals surface area (Å²) in [7, 11) is 0. The number of aromatic nitrogens is 1. The number of carbonyl (C=O) groups excluding carboxylic acids is 2. The summed E-state index contributed by atoms with van der Waals surface area (Å²) in [6, 6.07) is 17.3. The first kappa shape index (κ1) is 16.6. The summed E-state index contributed by atoms with van der Waals surface area (Å²) in [5.74, 6) is 0.311. The molecule has 0 unspecified atom stereocenters. The van der Waals surface area contributed by atoms with Gasteiger partial charge in [-0.15, -0.1) is 11.8 Å². The van der Waals surface area contributed by atoms with Gasteiger partial charge in [0.25, 0.3) is 0 Å². The van der Waals surface area contributed by atoms with E-state index < -0.39 is 0 Å². The van der Waals surface area contributed by atoms with E-state index in [2.05, 4.69) is 10.3 Å². The number of fused-ring (bicyclic) bond motifs is 2. The summed E-state index contributed by atoms with van der Waals surface area (Å²) in [6.45, 7) is 0.362. The minimum Gasteiger partial charge on any atom is -0.324 e. The number of pyridine rings is 1. The smallest absolute Gasteiger partial charge is 0.237 e. The third-order valence-electron chi connectivity index (χ3n) is 4.28. The van der Waals surface area contributed by atoms with Crippen LogP contribution in [0.3, 0.4) is 0 Å². The van der Waals surface area contributed by atoms with Crippen LogP contribution >= 0.6 is 11.8 Å². The molecule has 2 amide bonds. The summed E-state index contributed by atoms with van der Waals surface area (Å²) in [6.07, 6.45) is 1.94. The fourth-order valence-electron chi connectivity index (χ4n) is 3.03. The second-order valence-electron chi connectivity index (χ2n) is 5.98. The fourth-order valence-corrected chi connectivity index (χ4v) is 3.97. The quantitative estimate of drug-likeness (QED) is 0.768. The highest BCUT2D eigenvalue weighted by Crippen LogP contribution is 2.34. The number of hydrogen-bond donors (Lipinski definition) is 1. The van der Waals surface area contributed by atoms with Gasteiger partial charge in [-0.1, -0.05) is 30.3 Å². The van der Waals surface area contributed by atoms with E-state index in [9.17, 15) is 9.59 Å². The number of para-hydroxylation sites is 2. The largest absolute Gasteiger partial charge is 0.324 e. The third-order valence-corrected chi connectivity index (χ3v) is 5.33. The second-order valence-corrected chi connectivity index (χ2v) is 7.00. The number of carbonyl (C=O) groups is 2. The maximum Gasteiger partial charge on any atom is 0.237 e. The van der Waals surface area contributed by atoms with Gasteiger partial charge < -0.3 is 10.2 Å². The Labute approximate surface area is 155 Å². The number of benzene rings is 2. The maximum atomic E-state index is 12.4. The average molecular weight is 363 g/mol. The number of anilines is 2. The van der Waals surface area contributed by atoms with Crippen molar-refractivity contribution in [3.63, 3.8) is 0 Å². The van der Waals surface area contributed by atoms with Crippen molar-refractivity contribution in [3.05, 3.63) is 60.8 Å². The molecular formula is C20H17N3O2S. The molecule has 2 aromatic carbocycles. The van der Waals surface area contributed by atoms with Gasteiger partial charge in [0.1, 0.15) is 0 Å². The van der Waals surface area contributed by atoms with Crippen molar-refractivity contribution in [1.82, 2.24) is 4.98 Å². The molecule has 0 aliphatic carbocycles. The summed E-state index contributed by atoms with van der Waals surface area (Å²) >= 11 is 1.54.